The number of halogens is 6. The Morgan fingerprint density at radius 3 is 2.06 bits per heavy atom. The molecule has 1 rings (SSSR count). The number of phenolic OH excluding ortho intramolecular Hbond substituents is 1. The van der Waals surface area contributed by atoms with E-state index in [1.807, 2.05) is 0 Å². The zero-order chi connectivity index (χ0) is 13.4. The molecule has 3 N–H and O–H groups in total. The van der Waals surface area contributed by atoms with Crippen LogP contribution < -0.4 is 5.73 Å². The van der Waals surface area contributed by atoms with Gasteiger partial charge in [-0.05, 0) is 12.1 Å². The number of benzene rings is 1. The monoisotopic (exact) mass is 259 g/mol. The summed E-state index contributed by atoms with van der Waals surface area (Å²) in [5.41, 5.74) is 3.31. The van der Waals surface area contributed by atoms with Gasteiger partial charge in [0.25, 0.3) is 0 Å². The molecular formula is C9H7F6NO. The minimum Gasteiger partial charge on any atom is -0.506 e. The summed E-state index contributed by atoms with van der Waals surface area (Å²) >= 11 is 0. The number of aromatic hydroxyl groups is 1. The molecule has 0 atom stereocenters. The van der Waals surface area contributed by atoms with Crippen molar-refractivity contribution in [3.63, 3.8) is 0 Å². The van der Waals surface area contributed by atoms with Crippen LogP contribution in [0.3, 0.4) is 0 Å². The van der Waals surface area contributed by atoms with E-state index >= 15 is 0 Å². The molecule has 0 heterocycles. The van der Waals surface area contributed by atoms with Crippen molar-refractivity contribution < 1.29 is 31.4 Å². The smallest absolute Gasteiger partial charge is 0.373 e. The molecule has 0 spiro atoms. The van der Waals surface area contributed by atoms with Crippen LogP contribution in [-0.4, -0.2) is 17.5 Å². The van der Waals surface area contributed by atoms with Crippen molar-refractivity contribution >= 4 is 5.69 Å². The lowest BCUT2D eigenvalue weighted by molar-refractivity contribution is -0.270. The van der Waals surface area contributed by atoms with Gasteiger partial charge in [0.05, 0.1) is 5.69 Å². The first kappa shape index (κ1) is 13.5. The average Bonchev–Trinajstić information content (AvgIpc) is 2.21. The number of alkyl halides is 6. The van der Waals surface area contributed by atoms with Crippen molar-refractivity contribution in [3.8, 4) is 5.75 Å². The Morgan fingerprint density at radius 2 is 1.65 bits per heavy atom. The first-order valence-electron chi connectivity index (χ1n) is 4.23. The third-order valence-electron chi connectivity index (χ3n) is 2.09. The minimum absolute atomic E-state index is 0.228. The van der Waals surface area contributed by atoms with Crippen molar-refractivity contribution in [2.45, 2.75) is 18.3 Å². The van der Waals surface area contributed by atoms with Gasteiger partial charge in [-0.1, -0.05) is 6.07 Å². The molecule has 0 saturated heterocycles. The summed E-state index contributed by atoms with van der Waals surface area (Å²) in [4.78, 5) is 0. The van der Waals surface area contributed by atoms with Crippen molar-refractivity contribution in [1.29, 1.82) is 0 Å². The molecule has 1 aromatic rings. The molecule has 0 fully saturated rings. The third kappa shape index (κ3) is 2.11. The van der Waals surface area contributed by atoms with Gasteiger partial charge >= 0.3 is 18.3 Å². The zero-order valence-electron chi connectivity index (χ0n) is 8.10. The van der Waals surface area contributed by atoms with Gasteiger partial charge in [0.1, 0.15) is 5.75 Å². The molecule has 0 aromatic heterocycles. The van der Waals surface area contributed by atoms with Crippen molar-refractivity contribution in [2.75, 3.05) is 5.73 Å². The number of phenols is 1. The van der Waals surface area contributed by atoms with Crippen molar-refractivity contribution in [3.05, 3.63) is 23.8 Å². The second-order valence-electron chi connectivity index (χ2n) is 3.27. The van der Waals surface area contributed by atoms with Gasteiger partial charge in [-0.25, -0.2) is 8.78 Å². The van der Waals surface area contributed by atoms with E-state index in [2.05, 4.69) is 0 Å². The van der Waals surface area contributed by atoms with Crippen LogP contribution in [0.25, 0.3) is 0 Å². The predicted octanol–water partition coefficient (Wildman–Crippen LogP) is 2.97. The van der Waals surface area contributed by atoms with Gasteiger partial charge in [0.15, 0.2) is 0 Å². The maximum Gasteiger partial charge on any atom is 0.373 e. The van der Waals surface area contributed by atoms with E-state index in [1.165, 1.54) is 0 Å². The number of hydrogen-bond donors (Lipinski definition) is 2. The van der Waals surface area contributed by atoms with Crippen LogP contribution in [0.4, 0.5) is 32.0 Å². The van der Waals surface area contributed by atoms with E-state index in [-0.39, 0.29) is 11.8 Å². The molecule has 0 aliphatic rings. The maximum atomic E-state index is 13.1. The molecule has 0 aliphatic heterocycles. The molecule has 0 unspecified atom stereocenters. The van der Waals surface area contributed by atoms with Crippen LogP contribution >= 0.6 is 0 Å². The lowest BCUT2D eigenvalue weighted by Crippen LogP contribution is -2.44. The molecule has 0 aliphatic carbocycles. The second kappa shape index (κ2) is 4.01. The number of rotatable bonds is 3. The summed E-state index contributed by atoms with van der Waals surface area (Å²) < 4.78 is 75.2. The van der Waals surface area contributed by atoms with Crippen LogP contribution in [0, 0.1) is 0 Å². The van der Waals surface area contributed by atoms with Gasteiger partial charge in [-0.15, -0.1) is 0 Å². The maximum absolute atomic E-state index is 13.1. The normalized spacial score (nSPS) is 13.1. The first-order valence-corrected chi connectivity index (χ1v) is 4.23. The van der Waals surface area contributed by atoms with E-state index in [1.54, 1.807) is 0 Å². The Bertz CT molecular complexity index is 420. The SMILES string of the molecule is Nc1ccc(C(F)(F)C(F)(F)C(F)F)cc1O. The highest BCUT2D eigenvalue weighted by Crippen LogP contribution is 2.47. The lowest BCUT2D eigenvalue weighted by Gasteiger charge is -2.26. The molecule has 0 amide bonds. The summed E-state index contributed by atoms with van der Waals surface area (Å²) in [6, 6.07) is 1.40. The van der Waals surface area contributed by atoms with E-state index in [9.17, 15) is 26.3 Å². The molecule has 1 aromatic carbocycles. The van der Waals surface area contributed by atoms with Crippen LogP contribution in [0.2, 0.25) is 0 Å². The summed E-state index contributed by atoms with van der Waals surface area (Å²) in [6.07, 6.45) is -4.53. The molecule has 0 radical (unpaired) electrons. The highest BCUT2D eigenvalue weighted by atomic mass is 19.3. The van der Waals surface area contributed by atoms with Crippen LogP contribution in [0.15, 0.2) is 18.2 Å². The van der Waals surface area contributed by atoms with E-state index in [0.29, 0.717) is 6.07 Å². The van der Waals surface area contributed by atoms with E-state index in [0.717, 1.165) is 6.07 Å². The fourth-order valence-corrected chi connectivity index (χ4v) is 1.07. The Morgan fingerprint density at radius 1 is 1.12 bits per heavy atom. The zero-order valence-corrected chi connectivity index (χ0v) is 8.10. The van der Waals surface area contributed by atoms with Crippen molar-refractivity contribution in [2.24, 2.45) is 0 Å². The van der Waals surface area contributed by atoms with Crippen LogP contribution in [0.5, 0.6) is 5.75 Å². The lowest BCUT2D eigenvalue weighted by atomic mass is 10.0. The summed E-state index contributed by atoms with van der Waals surface area (Å²) in [7, 11) is 0. The largest absolute Gasteiger partial charge is 0.506 e. The Labute approximate surface area is 91.7 Å². The number of hydrogen-bond acceptors (Lipinski definition) is 2. The summed E-state index contributed by atoms with van der Waals surface area (Å²) in [6.45, 7) is 0. The van der Waals surface area contributed by atoms with Gasteiger partial charge in [0, 0.05) is 5.56 Å². The number of nitrogen functional groups attached to an aromatic ring is 1. The van der Waals surface area contributed by atoms with Gasteiger partial charge < -0.3 is 10.8 Å². The standard InChI is InChI=1S/C9H7F6NO/c10-7(11)9(14,15)8(12,13)4-1-2-5(16)6(17)3-4/h1-3,7,17H,16H2. The van der Waals surface area contributed by atoms with Gasteiger partial charge in [-0.3, -0.25) is 0 Å². The topological polar surface area (TPSA) is 46.2 Å². The molecule has 8 heteroatoms. The van der Waals surface area contributed by atoms with Crippen molar-refractivity contribution in [1.82, 2.24) is 0 Å². The molecule has 17 heavy (non-hydrogen) atoms. The van der Waals surface area contributed by atoms with E-state index in [4.69, 9.17) is 10.8 Å². The molecule has 0 saturated carbocycles. The fraction of sp³-hybridized carbons (Fsp3) is 0.333. The Kier molecular flexibility index (Phi) is 3.17. The average molecular weight is 259 g/mol. The molecule has 2 nitrogen and oxygen atoms in total. The molecular weight excluding hydrogens is 252 g/mol. The predicted molar refractivity (Wildman–Crippen MR) is 47.4 cm³/mol. The minimum atomic E-state index is -5.53. The van der Waals surface area contributed by atoms with Gasteiger partial charge in [0.2, 0.25) is 0 Å². The van der Waals surface area contributed by atoms with Gasteiger partial charge in [-0.2, -0.15) is 17.6 Å². The summed E-state index contributed by atoms with van der Waals surface area (Å²) in [5.74, 6) is -11.5. The summed E-state index contributed by atoms with van der Waals surface area (Å²) in [5, 5.41) is 8.98. The Balaban J connectivity index is 3.25. The van der Waals surface area contributed by atoms with Crippen LogP contribution in [0.1, 0.15) is 5.56 Å². The highest BCUT2D eigenvalue weighted by Gasteiger charge is 2.63. The van der Waals surface area contributed by atoms with E-state index < -0.39 is 29.6 Å². The Hall–Kier alpha value is -1.60. The molecule has 0 bridgehead atoms. The number of anilines is 1. The quantitative estimate of drug-likeness (QED) is 0.498. The molecule has 96 valence electrons. The highest BCUT2D eigenvalue weighted by molar-refractivity contribution is 5.53. The fourth-order valence-electron chi connectivity index (χ4n) is 1.07. The second-order valence-corrected chi connectivity index (χ2v) is 3.27. The number of nitrogens with two attached hydrogens (primary N) is 1. The van der Waals surface area contributed by atoms with Crippen LogP contribution in [-0.2, 0) is 5.92 Å². The third-order valence-corrected chi connectivity index (χ3v) is 2.09. The first-order chi connectivity index (χ1) is 7.60.